The van der Waals surface area contributed by atoms with Crippen molar-refractivity contribution in [3.05, 3.63) is 12.2 Å². The van der Waals surface area contributed by atoms with Crippen molar-refractivity contribution in [2.24, 2.45) is 0 Å². The summed E-state index contributed by atoms with van der Waals surface area (Å²) in [6, 6.07) is 0. The molecule has 0 heterocycles. The van der Waals surface area contributed by atoms with Crippen LogP contribution in [0.5, 0.6) is 0 Å². The van der Waals surface area contributed by atoms with Crippen LogP contribution >= 0.6 is 0 Å². The molecule has 66 valence electrons. The molecule has 0 aliphatic rings. The zero-order chi connectivity index (χ0) is 8.74. The predicted octanol–water partition coefficient (Wildman–Crippen LogP) is 0.300. The standard InChI is InChI=1S/C6H14O4Si/c1-4-5-6-10-11(7,8-2)9-3/h4-5,7H,6H2,1-3H3/b5-4+. The minimum atomic E-state index is -3.29. The lowest BCUT2D eigenvalue weighted by atomic mass is 10.6. The van der Waals surface area contributed by atoms with E-state index in [4.69, 9.17) is 4.43 Å². The van der Waals surface area contributed by atoms with Crippen LogP contribution in [0.3, 0.4) is 0 Å². The fourth-order valence-electron chi connectivity index (χ4n) is 0.451. The van der Waals surface area contributed by atoms with Crippen LogP contribution in [0.1, 0.15) is 6.92 Å². The van der Waals surface area contributed by atoms with Crippen LogP contribution in [0.25, 0.3) is 0 Å². The molecule has 0 aromatic carbocycles. The van der Waals surface area contributed by atoms with E-state index in [1.54, 1.807) is 6.08 Å². The molecule has 5 heteroatoms. The third kappa shape index (κ3) is 4.28. The van der Waals surface area contributed by atoms with Crippen LogP contribution in [0.15, 0.2) is 12.2 Å². The summed E-state index contributed by atoms with van der Waals surface area (Å²) in [5.74, 6) is 0. The van der Waals surface area contributed by atoms with Crippen molar-refractivity contribution in [3.63, 3.8) is 0 Å². The summed E-state index contributed by atoms with van der Waals surface area (Å²) in [5, 5.41) is 0. The summed E-state index contributed by atoms with van der Waals surface area (Å²) in [6.07, 6.45) is 3.58. The van der Waals surface area contributed by atoms with E-state index in [2.05, 4.69) is 8.85 Å². The molecule has 0 saturated heterocycles. The Bertz CT molecular complexity index is 122. The highest BCUT2D eigenvalue weighted by atomic mass is 28.4. The normalized spacial score (nSPS) is 12.7. The number of allylic oxidation sites excluding steroid dienone is 1. The molecular formula is C6H14O4Si. The minimum Gasteiger partial charge on any atom is -0.367 e. The molecule has 0 bridgehead atoms. The molecule has 0 spiro atoms. The quantitative estimate of drug-likeness (QED) is 0.486. The lowest BCUT2D eigenvalue weighted by Crippen LogP contribution is -2.44. The average Bonchev–Trinajstić information content (AvgIpc) is 2.05. The summed E-state index contributed by atoms with van der Waals surface area (Å²) in [6.45, 7) is 2.17. The maximum atomic E-state index is 9.29. The van der Waals surface area contributed by atoms with Crippen LogP contribution in [-0.2, 0) is 13.3 Å². The zero-order valence-corrected chi connectivity index (χ0v) is 8.03. The first-order valence-corrected chi connectivity index (χ1v) is 4.93. The molecule has 0 amide bonds. The zero-order valence-electron chi connectivity index (χ0n) is 7.03. The Kier molecular flexibility index (Phi) is 5.35. The van der Waals surface area contributed by atoms with Crippen molar-refractivity contribution < 1.29 is 18.1 Å². The molecule has 0 aliphatic heterocycles. The average molecular weight is 178 g/mol. The molecule has 4 nitrogen and oxygen atoms in total. The molecule has 1 N–H and O–H groups in total. The molecular weight excluding hydrogens is 164 g/mol. The first kappa shape index (κ1) is 10.8. The summed E-state index contributed by atoms with van der Waals surface area (Å²) < 4.78 is 14.2. The first-order valence-electron chi connectivity index (χ1n) is 3.26. The van der Waals surface area contributed by atoms with Crippen molar-refractivity contribution in [3.8, 4) is 0 Å². The van der Waals surface area contributed by atoms with Gasteiger partial charge in [-0.05, 0) is 6.92 Å². The lowest BCUT2D eigenvalue weighted by Gasteiger charge is -2.17. The Morgan fingerprint density at radius 3 is 2.27 bits per heavy atom. The van der Waals surface area contributed by atoms with Gasteiger partial charge in [0.2, 0.25) is 0 Å². The maximum absolute atomic E-state index is 9.29. The Hall–Kier alpha value is -0.203. The fourth-order valence-corrected chi connectivity index (χ4v) is 1.16. The van der Waals surface area contributed by atoms with Crippen molar-refractivity contribution >= 4 is 9.05 Å². The Morgan fingerprint density at radius 1 is 1.36 bits per heavy atom. The largest absolute Gasteiger partial charge is 0.676 e. The predicted molar refractivity (Wildman–Crippen MR) is 42.8 cm³/mol. The highest BCUT2D eigenvalue weighted by molar-refractivity contribution is 6.51. The first-order chi connectivity index (χ1) is 5.18. The van der Waals surface area contributed by atoms with Gasteiger partial charge < -0.3 is 18.1 Å². The van der Waals surface area contributed by atoms with Crippen LogP contribution in [0.2, 0.25) is 0 Å². The van der Waals surface area contributed by atoms with E-state index >= 15 is 0 Å². The van der Waals surface area contributed by atoms with Gasteiger partial charge in [0.25, 0.3) is 0 Å². The number of hydrogen-bond donors (Lipinski definition) is 1. The fraction of sp³-hybridized carbons (Fsp3) is 0.667. The Morgan fingerprint density at radius 2 is 1.91 bits per heavy atom. The third-order valence-electron chi connectivity index (χ3n) is 1.11. The second kappa shape index (κ2) is 5.45. The third-order valence-corrected chi connectivity index (χ3v) is 2.68. The highest BCUT2D eigenvalue weighted by Gasteiger charge is 2.37. The van der Waals surface area contributed by atoms with E-state index in [0.717, 1.165) is 0 Å². The van der Waals surface area contributed by atoms with E-state index in [-0.39, 0.29) is 0 Å². The van der Waals surface area contributed by atoms with Crippen molar-refractivity contribution in [2.45, 2.75) is 6.92 Å². The van der Waals surface area contributed by atoms with Gasteiger partial charge in [-0.1, -0.05) is 12.2 Å². The van der Waals surface area contributed by atoms with Gasteiger partial charge in [0.1, 0.15) is 0 Å². The van der Waals surface area contributed by atoms with E-state index in [1.807, 2.05) is 13.0 Å². The molecule has 0 aliphatic carbocycles. The van der Waals surface area contributed by atoms with Gasteiger partial charge in [-0.2, -0.15) is 0 Å². The summed E-state index contributed by atoms with van der Waals surface area (Å²) in [7, 11) is -0.581. The van der Waals surface area contributed by atoms with E-state index in [0.29, 0.717) is 6.61 Å². The topological polar surface area (TPSA) is 47.9 Å². The second-order valence-electron chi connectivity index (χ2n) is 1.81. The molecule has 0 atom stereocenters. The van der Waals surface area contributed by atoms with Gasteiger partial charge in [0.15, 0.2) is 0 Å². The monoisotopic (exact) mass is 178 g/mol. The Labute approximate surface area is 67.9 Å². The van der Waals surface area contributed by atoms with Crippen molar-refractivity contribution in [1.82, 2.24) is 0 Å². The van der Waals surface area contributed by atoms with Crippen LogP contribution in [0.4, 0.5) is 0 Å². The summed E-state index contributed by atoms with van der Waals surface area (Å²) in [5.41, 5.74) is 0. The molecule has 0 aromatic rings. The molecule has 0 saturated carbocycles. The lowest BCUT2D eigenvalue weighted by molar-refractivity contribution is 0.0315. The number of hydrogen-bond acceptors (Lipinski definition) is 4. The molecule has 0 aromatic heterocycles. The van der Waals surface area contributed by atoms with E-state index in [9.17, 15) is 4.80 Å². The van der Waals surface area contributed by atoms with E-state index in [1.165, 1.54) is 14.2 Å². The van der Waals surface area contributed by atoms with Crippen LogP contribution < -0.4 is 0 Å². The molecule has 0 rings (SSSR count). The van der Waals surface area contributed by atoms with Gasteiger partial charge in [-0.3, -0.25) is 0 Å². The molecule has 11 heavy (non-hydrogen) atoms. The molecule has 0 unspecified atom stereocenters. The minimum absolute atomic E-state index is 0.306. The van der Waals surface area contributed by atoms with Gasteiger partial charge in [-0.25, -0.2) is 0 Å². The van der Waals surface area contributed by atoms with E-state index < -0.39 is 9.05 Å². The van der Waals surface area contributed by atoms with Gasteiger partial charge in [0, 0.05) is 14.2 Å². The van der Waals surface area contributed by atoms with Gasteiger partial charge >= 0.3 is 9.05 Å². The smallest absolute Gasteiger partial charge is 0.367 e. The van der Waals surface area contributed by atoms with Crippen molar-refractivity contribution in [2.75, 3.05) is 20.8 Å². The molecule has 0 fully saturated rings. The highest BCUT2D eigenvalue weighted by Crippen LogP contribution is 2.01. The van der Waals surface area contributed by atoms with Gasteiger partial charge in [0.05, 0.1) is 6.61 Å². The van der Waals surface area contributed by atoms with Crippen LogP contribution in [-0.4, -0.2) is 34.7 Å². The summed E-state index contributed by atoms with van der Waals surface area (Å²) in [4.78, 5) is 9.29. The van der Waals surface area contributed by atoms with Crippen LogP contribution in [0, 0.1) is 0 Å². The maximum Gasteiger partial charge on any atom is 0.676 e. The van der Waals surface area contributed by atoms with Gasteiger partial charge in [-0.15, -0.1) is 0 Å². The summed E-state index contributed by atoms with van der Waals surface area (Å²) >= 11 is 0. The number of rotatable bonds is 5. The second-order valence-corrected chi connectivity index (χ2v) is 3.97. The van der Waals surface area contributed by atoms with Crippen molar-refractivity contribution in [1.29, 1.82) is 0 Å². The Balaban J connectivity index is 3.68. The SMILES string of the molecule is C/C=C/CO[Si](O)(OC)OC. The molecule has 0 radical (unpaired) electrons.